The van der Waals surface area contributed by atoms with Gasteiger partial charge in [0.25, 0.3) is 0 Å². The number of rotatable bonds is 5. The summed E-state index contributed by atoms with van der Waals surface area (Å²) in [6, 6.07) is 6.08. The van der Waals surface area contributed by atoms with Gasteiger partial charge in [0, 0.05) is 13.1 Å². The molecule has 0 saturated carbocycles. The fraction of sp³-hybridized carbons (Fsp3) is 0.529. The average Bonchev–Trinajstić information content (AvgIpc) is 3.10. The van der Waals surface area contributed by atoms with Gasteiger partial charge in [-0.15, -0.1) is 5.10 Å². The topological polar surface area (TPSA) is 73.1 Å². The number of hydrogen-bond donors (Lipinski definition) is 0. The van der Waals surface area contributed by atoms with Gasteiger partial charge in [-0.1, -0.05) is 24.8 Å². The van der Waals surface area contributed by atoms with Crippen molar-refractivity contribution in [3.8, 4) is 5.69 Å². The van der Waals surface area contributed by atoms with E-state index in [9.17, 15) is 4.79 Å². The highest BCUT2D eigenvalue weighted by molar-refractivity contribution is 7.99. The lowest BCUT2D eigenvalue weighted by Gasteiger charge is -2.32. The predicted molar refractivity (Wildman–Crippen MR) is 96.0 cm³/mol. The van der Waals surface area contributed by atoms with Crippen molar-refractivity contribution in [1.82, 2.24) is 25.1 Å². The van der Waals surface area contributed by atoms with E-state index in [4.69, 9.17) is 4.74 Å². The Kier molecular flexibility index (Phi) is 5.70. The summed E-state index contributed by atoms with van der Waals surface area (Å²) in [6.07, 6.45) is 1.06. The summed E-state index contributed by atoms with van der Waals surface area (Å²) in [4.78, 5) is 14.3. The van der Waals surface area contributed by atoms with Gasteiger partial charge in [0.15, 0.2) is 0 Å². The van der Waals surface area contributed by atoms with Crippen molar-refractivity contribution < 1.29 is 9.53 Å². The summed E-state index contributed by atoms with van der Waals surface area (Å²) < 4.78 is 7.30. The van der Waals surface area contributed by atoms with Crippen LogP contribution >= 0.6 is 11.8 Å². The van der Waals surface area contributed by atoms with Crippen molar-refractivity contribution in [3.63, 3.8) is 0 Å². The number of nitrogens with zero attached hydrogens (tertiary/aromatic N) is 5. The van der Waals surface area contributed by atoms with E-state index in [-0.39, 0.29) is 12.0 Å². The van der Waals surface area contributed by atoms with Crippen LogP contribution in [-0.4, -0.2) is 62.6 Å². The van der Waals surface area contributed by atoms with Crippen molar-refractivity contribution in [2.75, 3.05) is 25.4 Å². The predicted octanol–water partition coefficient (Wildman–Crippen LogP) is 2.01. The Morgan fingerprint density at radius 2 is 2.20 bits per heavy atom. The van der Waals surface area contributed by atoms with Gasteiger partial charge in [-0.2, -0.15) is 4.68 Å². The van der Waals surface area contributed by atoms with Crippen molar-refractivity contribution in [3.05, 3.63) is 29.3 Å². The van der Waals surface area contributed by atoms with Gasteiger partial charge in [-0.05, 0) is 54.0 Å². The van der Waals surface area contributed by atoms with E-state index in [0.717, 1.165) is 12.1 Å². The lowest BCUT2D eigenvalue weighted by Crippen LogP contribution is -2.46. The maximum atomic E-state index is 12.5. The Labute approximate surface area is 151 Å². The van der Waals surface area contributed by atoms with Crippen LogP contribution in [0.5, 0.6) is 0 Å². The number of aryl methyl sites for hydroxylation is 2. The van der Waals surface area contributed by atoms with Crippen LogP contribution in [0.3, 0.4) is 0 Å². The average molecular weight is 361 g/mol. The molecule has 7 nitrogen and oxygen atoms in total. The lowest BCUT2D eigenvalue weighted by molar-refractivity contribution is -0.135. The smallest absolute Gasteiger partial charge is 0.233 e. The zero-order valence-corrected chi connectivity index (χ0v) is 15.6. The highest BCUT2D eigenvalue weighted by atomic mass is 32.2. The number of carbonyl (C=O) groups excluding carboxylic acids is 1. The number of morpholine rings is 1. The third kappa shape index (κ3) is 4.19. The molecule has 1 amide bonds. The first-order valence-electron chi connectivity index (χ1n) is 8.46. The minimum absolute atomic E-state index is 0.0985. The zero-order valence-electron chi connectivity index (χ0n) is 14.8. The van der Waals surface area contributed by atoms with E-state index >= 15 is 0 Å². The third-order valence-corrected chi connectivity index (χ3v) is 5.35. The Hall–Kier alpha value is -1.93. The van der Waals surface area contributed by atoms with Gasteiger partial charge >= 0.3 is 0 Å². The zero-order chi connectivity index (χ0) is 17.8. The van der Waals surface area contributed by atoms with Crippen molar-refractivity contribution in [2.45, 2.75) is 38.5 Å². The molecule has 0 bridgehead atoms. The molecule has 3 rings (SSSR count). The van der Waals surface area contributed by atoms with E-state index in [2.05, 4.69) is 36.3 Å². The standard InChI is InChI=1S/C17H23N5O2S/c1-4-15-10-21(7-8-24-15)16(23)11-25-17-18-19-20-22(17)14-6-5-12(2)13(3)9-14/h5-6,9,15H,4,7-8,10-11H2,1-3H3/t15-/m0/s1. The molecule has 0 radical (unpaired) electrons. The molecule has 1 aliphatic heterocycles. The van der Waals surface area contributed by atoms with E-state index in [1.165, 1.54) is 22.9 Å². The van der Waals surface area contributed by atoms with Crippen LogP contribution in [0.15, 0.2) is 23.4 Å². The molecule has 2 aromatic rings. The Balaban J connectivity index is 1.65. The number of thioether (sulfide) groups is 1. The summed E-state index contributed by atoms with van der Waals surface area (Å²) >= 11 is 1.36. The number of hydrogen-bond acceptors (Lipinski definition) is 6. The summed E-state index contributed by atoms with van der Waals surface area (Å²) in [7, 11) is 0. The molecule has 8 heteroatoms. The molecule has 134 valence electrons. The molecule has 1 aromatic heterocycles. The minimum atomic E-state index is 0.0985. The number of benzene rings is 1. The lowest BCUT2D eigenvalue weighted by atomic mass is 10.1. The third-order valence-electron chi connectivity index (χ3n) is 4.45. The van der Waals surface area contributed by atoms with Crippen molar-refractivity contribution in [1.29, 1.82) is 0 Å². The molecule has 1 saturated heterocycles. The second-order valence-electron chi connectivity index (χ2n) is 6.17. The maximum Gasteiger partial charge on any atom is 0.233 e. The fourth-order valence-corrected chi connectivity index (χ4v) is 3.49. The molecule has 25 heavy (non-hydrogen) atoms. The Morgan fingerprint density at radius 1 is 1.36 bits per heavy atom. The highest BCUT2D eigenvalue weighted by Crippen LogP contribution is 2.21. The fourth-order valence-electron chi connectivity index (χ4n) is 2.70. The Morgan fingerprint density at radius 3 is 2.96 bits per heavy atom. The van der Waals surface area contributed by atoms with E-state index in [1.54, 1.807) is 4.68 Å². The van der Waals surface area contributed by atoms with Crippen LogP contribution in [0, 0.1) is 13.8 Å². The largest absolute Gasteiger partial charge is 0.375 e. The van der Waals surface area contributed by atoms with Gasteiger partial charge in [0.1, 0.15) is 0 Å². The van der Waals surface area contributed by atoms with Gasteiger partial charge in [-0.25, -0.2) is 0 Å². The number of ether oxygens (including phenoxy) is 1. The summed E-state index contributed by atoms with van der Waals surface area (Å²) in [5.74, 6) is 0.420. The minimum Gasteiger partial charge on any atom is -0.375 e. The van der Waals surface area contributed by atoms with E-state index < -0.39 is 0 Å². The number of aromatic nitrogens is 4. The quantitative estimate of drug-likeness (QED) is 0.759. The van der Waals surface area contributed by atoms with Gasteiger partial charge in [-0.3, -0.25) is 4.79 Å². The second-order valence-corrected chi connectivity index (χ2v) is 7.11. The van der Waals surface area contributed by atoms with Crippen LogP contribution in [0.2, 0.25) is 0 Å². The SMILES string of the molecule is CC[C@H]1CN(C(=O)CSc2nnnn2-c2ccc(C)c(C)c2)CCO1. The van der Waals surface area contributed by atoms with Crippen LogP contribution in [0.4, 0.5) is 0 Å². The molecule has 0 N–H and O–H groups in total. The molecular weight excluding hydrogens is 338 g/mol. The van der Waals surface area contributed by atoms with E-state index in [0.29, 0.717) is 30.6 Å². The summed E-state index contributed by atoms with van der Waals surface area (Å²) in [6.45, 7) is 8.12. The first-order chi connectivity index (χ1) is 12.1. The van der Waals surface area contributed by atoms with Gasteiger partial charge in [0.05, 0.1) is 24.2 Å². The first kappa shape index (κ1) is 17.9. The molecule has 0 spiro atoms. The molecule has 0 aliphatic carbocycles. The molecule has 1 fully saturated rings. The second kappa shape index (κ2) is 7.97. The molecule has 1 aliphatic rings. The monoisotopic (exact) mass is 361 g/mol. The highest BCUT2D eigenvalue weighted by Gasteiger charge is 2.23. The summed E-state index contributed by atoms with van der Waals surface area (Å²) in [5, 5.41) is 12.5. The number of amides is 1. The van der Waals surface area contributed by atoms with Gasteiger partial charge < -0.3 is 9.64 Å². The normalized spacial score (nSPS) is 17.7. The van der Waals surface area contributed by atoms with Crippen molar-refractivity contribution in [2.24, 2.45) is 0 Å². The number of tetrazole rings is 1. The van der Waals surface area contributed by atoms with Crippen LogP contribution in [0.1, 0.15) is 24.5 Å². The molecule has 2 heterocycles. The van der Waals surface area contributed by atoms with E-state index in [1.807, 2.05) is 23.1 Å². The molecule has 0 unspecified atom stereocenters. The van der Waals surface area contributed by atoms with Gasteiger partial charge in [0.2, 0.25) is 11.1 Å². The van der Waals surface area contributed by atoms with Crippen LogP contribution < -0.4 is 0 Å². The Bertz CT molecular complexity index is 748. The first-order valence-corrected chi connectivity index (χ1v) is 9.45. The van der Waals surface area contributed by atoms with Crippen LogP contribution in [0.25, 0.3) is 5.69 Å². The maximum absolute atomic E-state index is 12.5. The molecule has 1 aromatic carbocycles. The molecule has 1 atom stereocenters. The van der Waals surface area contributed by atoms with Crippen molar-refractivity contribution >= 4 is 17.7 Å². The van der Waals surface area contributed by atoms with Crippen LogP contribution in [-0.2, 0) is 9.53 Å². The number of carbonyl (C=O) groups is 1. The summed E-state index contributed by atoms with van der Waals surface area (Å²) in [5.41, 5.74) is 3.30. The molecular formula is C17H23N5O2S.